The largest absolute Gasteiger partial charge is 0.394 e. The third kappa shape index (κ3) is 3.32. The maximum absolute atomic E-state index is 9.51. The summed E-state index contributed by atoms with van der Waals surface area (Å²) in [5.41, 5.74) is 1.24. The van der Waals surface area contributed by atoms with Gasteiger partial charge in [0.05, 0.1) is 18.3 Å². The Hall–Kier alpha value is -0.870. The standard InChI is InChI=1S/C17H29N3O/c1-13(2)19-8-4-5-14(10-19)9-15-11-20-16(12-21)6-3-7-17(20)18-15/h11,13-14,16,21H,3-10,12H2,1-2H3. The van der Waals surface area contributed by atoms with Gasteiger partial charge in [-0.3, -0.25) is 0 Å². The van der Waals surface area contributed by atoms with Crippen molar-refractivity contribution in [1.82, 2.24) is 14.5 Å². The summed E-state index contributed by atoms with van der Waals surface area (Å²) in [6.45, 7) is 7.30. The SMILES string of the molecule is CC(C)N1CCCC(Cc2cn3c(n2)CCCC3CO)C1. The first-order valence-electron chi connectivity index (χ1n) is 8.59. The molecule has 0 bridgehead atoms. The van der Waals surface area contributed by atoms with Crippen LogP contribution in [0.25, 0.3) is 0 Å². The van der Waals surface area contributed by atoms with Crippen molar-refractivity contribution in [2.75, 3.05) is 19.7 Å². The zero-order chi connectivity index (χ0) is 14.8. The Morgan fingerprint density at radius 2 is 2.19 bits per heavy atom. The molecule has 3 rings (SSSR count). The fourth-order valence-electron chi connectivity index (χ4n) is 3.93. The number of aliphatic hydroxyl groups is 1. The lowest BCUT2D eigenvalue weighted by Gasteiger charge is -2.35. The predicted molar refractivity (Wildman–Crippen MR) is 84.4 cm³/mol. The van der Waals surface area contributed by atoms with Gasteiger partial charge in [0.2, 0.25) is 0 Å². The Labute approximate surface area is 128 Å². The number of imidazole rings is 1. The quantitative estimate of drug-likeness (QED) is 0.926. The van der Waals surface area contributed by atoms with Crippen LogP contribution in [0, 0.1) is 5.92 Å². The van der Waals surface area contributed by atoms with E-state index in [1.165, 1.54) is 37.4 Å². The van der Waals surface area contributed by atoms with Crippen LogP contribution in [0.15, 0.2) is 6.20 Å². The van der Waals surface area contributed by atoms with E-state index in [2.05, 4.69) is 29.5 Å². The van der Waals surface area contributed by atoms with E-state index >= 15 is 0 Å². The van der Waals surface area contributed by atoms with E-state index in [1.807, 2.05) is 0 Å². The van der Waals surface area contributed by atoms with Crippen LogP contribution < -0.4 is 0 Å². The molecule has 1 N–H and O–H groups in total. The second-order valence-corrected chi connectivity index (χ2v) is 7.09. The lowest BCUT2D eigenvalue weighted by molar-refractivity contribution is 0.139. The Morgan fingerprint density at radius 1 is 1.33 bits per heavy atom. The topological polar surface area (TPSA) is 41.3 Å². The summed E-state index contributed by atoms with van der Waals surface area (Å²) in [6.07, 6.45) is 9.27. The number of hydrogen-bond acceptors (Lipinski definition) is 3. The molecule has 1 aromatic heterocycles. The number of nitrogens with zero attached hydrogens (tertiary/aromatic N) is 3. The van der Waals surface area contributed by atoms with Gasteiger partial charge in [-0.15, -0.1) is 0 Å². The van der Waals surface area contributed by atoms with Gasteiger partial charge in [-0.2, -0.15) is 0 Å². The van der Waals surface area contributed by atoms with Crippen LogP contribution in [-0.2, 0) is 12.8 Å². The van der Waals surface area contributed by atoms with E-state index in [1.54, 1.807) is 0 Å². The molecule has 4 nitrogen and oxygen atoms in total. The van der Waals surface area contributed by atoms with Crippen molar-refractivity contribution < 1.29 is 5.11 Å². The number of aromatic nitrogens is 2. The molecule has 118 valence electrons. The van der Waals surface area contributed by atoms with Gasteiger partial charge < -0.3 is 14.6 Å². The molecule has 2 unspecified atom stereocenters. The molecule has 1 saturated heterocycles. The molecule has 0 saturated carbocycles. The lowest BCUT2D eigenvalue weighted by Crippen LogP contribution is -2.40. The molecule has 0 spiro atoms. The average molecular weight is 291 g/mol. The van der Waals surface area contributed by atoms with Gasteiger partial charge in [0.15, 0.2) is 0 Å². The molecular weight excluding hydrogens is 262 g/mol. The van der Waals surface area contributed by atoms with E-state index in [4.69, 9.17) is 4.98 Å². The second-order valence-electron chi connectivity index (χ2n) is 7.09. The highest BCUT2D eigenvalue weighted by atomic mass is 16.3. The number of aryl methyl sites for hydroxylation is 1. The van der Waals surface area contributed by atoms with Gasteiger partial charge in [-0.1, -0.05) is 0 Å². The van der Waals surface area contributed by atoms with Gasteiger partial charge in [0.1, 0.15) is 5.82 Å². The first kappa shape index (κ1) is 15.0. The maximum Gasteiger partial charge on any atom is 0.109 e. The zero-order valence-corrected chi connectivity index (χ0v) is 13.5. The maximum atomic E-state index is 9.51. The van der Waals surface area contributed by atoms with Crippen molar-refractivity contribution >= 4 is 0 Å². The monoisotopic (exact) mass is 291 g/mol. The molecule has 0 amide bonds. The van der Waals surface area contributed by atoms with Gasteiger partial charge in [0.25, 0.3) is 0 Å². The summed E-state index contributed by atoms with van der Waals surface area (Å²) in [4.78, 5) is 7.44. The molecular formula is C17H29N3O. The molecule has 1 aromatic rings. The number of piperidine rings is 1. The number of fused-ring (bicyclic) bond motifs is 1. The highest BCUT2D eigenvalue weighted by molar-refractivity contribution is 5.09. The first-order chi connectivity index (χ1) is 10.2. The first-order valence-corrected chi connectivity index (χ1v) is 8.59. The van der Waals surface area contributed by atoms with Crippen molar-refractivity contribution in [1.29, 1.82) is 0 Å². The Morgan fingerprint density at radius 3 is 2.95 bits per heavy atom. The van der Waals surface area contributed by atoms with Crippen LogP contribution in [0.2, 0.25) is 0 Å². The summed E-state index contributed by atoms with van der Waals surface area (Å²) in [5.74, 6) is 1.93. The minimum Gasteiger partial charge on any atom is -0.394 e. The molecule has 21 heavy (non-hydrogen) atoms. The highest BCUT2D eigenvalue weighted by Crippen LogP contribution is 2.27. The van der Waals surface area contributed by atoms with E-state index < -0.39 is 0 Å². The average Bonchev–Trinajstić information content (AvgIpc) is 2.89. The van der Waals surface area contributed by atoms with Gasteiger partial charge in [0, 0.05) is 25.2 Å². The van der Waals surface area contributed by atoms with E-state index in [0.717, 1.165) is 31.6 Å². The number of rotatable bonds is 4. The molecule has 2 aliphatic rings. The summed E-state index contributed by atoms with van der Waals surface area (Å²) < 4.78 is 2.24. The normalized spacial score (nSPS) is 27.0. The Kier molecular flexibility index (Phi) is 4.65. The van der Waals surface area contributed by atoms with Crippen molar-refractivity contribution in [2.24, 2.45) is 5.92 Å². The highest BCUT2D eigenvalue weighted by Gasteiger charge is 2.25. The Balaban J connectivity index is 1.67. The summed E-state index contributed by atoms with van der Waals surface area (Å²) in [7, 11) is 0. The molecule has 1 fully saturated rings. The van der Waals surface area contributed by atoms with Crippen molar-refractivity contribution in [3.05, 3.63) is 17.7 Å². The van der Waals surface area contributed by atoms with Gasteiger partial charge in [-0.05, 0) is 58.4 Å². The van der Waals surface area contributed by atoms with E-state index in [9.17, 15) is 5.11 Å². The summed E-state index contributed by atoms with van der Waals surface area (Å²) in [5, 5.41) is 9.51. The van der Waals surface area contributed by atoms with Gasteiger partial charge in [-0.25, -0.2) is 4.98 Å². The summed E-state index contributed by atoms with van der Waals surface area (Å²) >= 11 is 0. The number of hydrogen-bond donors (Lipinski definition) is 1. The fraction of sp³-hybridized carbons (Fsp3) is 0.824. The van der Waals surface area contributed by atoms with Gasteiger partial charge >= 0.3 is 0 Å². The minimum absolute atomic E-state index is 0.243. The zero-order valence-electron chi connectivity index (χ0n) is 13.5. The molecule has 0 aliphatic carbocycles. The number of aliphatic hydroxyl groups excluding tert-OH is 1. The molecule has 0 aromatic carbocycles. The Bertz CT molecular complexity index is 469. The third-order valence-electron chi connectivity index (χ3n) is 5.18. The van der Waals surface area contributed by atoms with Crippen molar-refractivity contribution in [2.45, 2.75) is 64.5 Å². The minimum atomic E-state index is 0.243. The van der Waals surface area contributed by atoms with Crippen LogP contribution in [0.5, 0.6) is 0 Å². The second kappa shape index (κ2) is 6.49. The molecule has 0 radical (unpaired) electrons. The predicted octanol–water partition coefficient (Wildman–Crippen LogP) is 2.42. The van der Waals surface area contributed by atoms with Crippen LogP contribution in [0.3, 0.4) is 0 Å². The van der Waals surface area contributed by atoms with Crippen LogP contribution in [0.4, 0.5) is 0 Å². The number of likely N-dealkylation sites (tertiary alicyclic amines) is 1. The smallest absolute Gasteiger partial charge is 0.109 e. The molecule has 2 atom stereocenters. The van der Waals surface area contributed by atoms with Crippen LogP contribution in [0.1, 0.15) is 57.1 Å². The molecule has 2 aliphatic heterocycles. The lowest BCUT2D eigenvalue weighted by atomic mass is 9.93. The van der Waals surface area contributed by atoms with E-state index in [-0.39, 0.29) is 12.6 Å². The van der Waals surface area contributed by atoms with Crippen LogP contribution in [-0.4, -0.2) is 45.3 Å². The van der Waals surface area contributed by atoms with E-state index in [0.29, 0.717) is 6.04 Å². The van der Waals surface area contributed by atoms with Crippen LogP contribution >= 0.6 is 0 Å². The fourth-order valence-corrected chi connectivity index (χ4v) is 3.93. The van der Waals surface area contributed by atoms with Crippen molar-refractivity contribution in [3.8, 4) is 0 Å². The summed E-state index contributed by atoms with van der Waals surface area (Å²) in [6, 6.07) is 0.912. The molecule has 3 heterocycles. The molecule has 4 heteroatoms. The van der Waals surface area contributed by atoms with Crippen molar-refractivity contribution in [3.63, 3.8) is 0 Å². The third-order valence-corrected chi connectivity index (χ3v) is 5.18.